The molecule has 0 aliphatic carbocycles. The van der Waals surface area contributed by atoms with E-state index in [0.717, 1.165) is 60.0 Å². The Kier molecular flexibility index (Phi) is 8.29. The lowest BCUT2D eigenvalue weighted by molar-refractivity contribution is 0.104. The minimum absolute atomic E-state index is 0.134. The van der Waals surface area contributed by atoms with E-state index >= 15 is 0 Å². The Morgan fingerprint density at radius 2 is 1.72 bits per heavy atom. The van der Waals surface area contributed by atoms with E-state index < -0.39 is 0 Å². The Hall–Kier alpha value is -2.90. The maximum atomic E-state index is 13.5. The molecule has 5 rings (SSSR count). The number of piperidine rings is 1. The molecule has 2 bridgehead atoms. The molecular weight excluding hydrogens is 508 g/mol. The zero-order chi connectivity index (χ0) is 27.7. The summed E-state index contributed by atoms with van der Waals surface area (Å²) in [5.74, 6) is 2.51. The highest BCUT2D eigenvalue weighted by molar-refractivity contribution is 6.31. The highest BCUT2D eigenvalue weighted by atomic mass is 35.5. The van der Waals surface area contributed by atoms with Gasteiger partial charge in [0.05, 0.1) is 0 Å². The Labute approximate surface area is 237 Å². The Morgan fingerprint density at radius 1 is 1.03 bits per heavy atom. The topological polar surface area (TPSA) is 66.3 Å². The third-order valence-electron chi connectivity index (χ3n) is 8.45. The van der Waals surface area contributed by atoms with Crippen molar-refractivity contribution in [2.45, 2.75) is 90.8 Å². The Morgan fingerprint density at radius 3 is 2.36 bits per heavy atom. The van der Waals surface area contributed by atoms with Crippen LogP contribution in [0.15, 0.2) is 42.5 Å². The second-order valence-electron chi connectivity index (χ2n) is 11.6. The van der Waals surface area contributed by atoms with Gasteiger partial charge in [-0.15, -0.1) is 10.2 Å². The van der Waals surface area contributed by atoms with Gasteiger partial charge in [0.15, 0.2) is 0 Å². The lowest BCUT2D eigenvalue weighted by Crippen LogP contribution is -2.45. The van der Waals surface area contributed by atoms with E-state index in [1.807, 2.05) is 61.2 Å². The molecule has 2 aliphatic rings. The SMILES string of the molecule is Cc1ccc(NC(=O)N(CCCN2[C@@H]3CC[C@@H]2CC(n2c(C)nnc2C(C)C)C3)c2ccc(C)c(Cl)c2)cc1. The van der Waals surface area contributed by atoms with Crippen LogP contribution < -0.4 is 10.2 Å². The van der Waals surface area contributed by atoms with Gasteiger partial charge in [-0.2, -0.15) is 0 Å². The molecule has 2 saturated heterocycles. The number of rotatable bonds is 8. The van der Waals surface area contributed by atoms with Crippen LogP contribution in [0.3, 0.4) is 0 Å². The molecule has 1 aromatic heterocycles. The van der Waals surface area contributed by atoms with Crippen LogP contribution in [0, 0.1) is 20.8 Å². The van der Waals surface area contributed by atoms with E-state index in [1.54, 1.807) is 0 Å². The second-order valence-corrected chi connectivity index (χ2v) is 12.0. The quantitative estimate of drug-likeness (QED) is 0.321. The third kappa shape index (κ3) is 5.99. The number of aromatic nitrogens is 3. The van der Waals surface area contributed by atoms with Crippen molar-refractivity contribution in [3.8, 4) is 0 Å². The van der Waals surface area contributed by atoms with Crippen molar-refractivity contribution >= 4 is 29.0 Å². The maximum absolute atomic E-state index is 13.5. The van der Waals surface area contributed by atoms with Gasteiger partial charge in [0, 0.05) is 53.5 Å². The largest absolute Gasteiger partial charge is 0.326 e. The van der Waals surface area contributed by atoms with E-state index in [9.17, 15) is 4.79 Å². The van der Waals surface area contributed by atoms with Crippen LogP contribution in [0.5, 0.6) is 0 Å². The normalized spacial score (nSPS) is 20.9. The van der Waals surface area contributed by atoms with Crippen molar-refractivity contribution in [1.29, 1.82) is 0 Å². The van der Waals surface area contributed by atoms with Crippen molar-refractivity contribution in [2.75, 3.05) is 23.3 Å². The van der Waals surface area contributed by atoms with E-state index in [-0.39, 0.29) is 6.03 Å². The second kappa shape index (κ2) is 11.7. The number of hydrogen-bond acceptors (Lipinski definition) is 4. The number of nitrogens with one attached hydrogen (secondary N) is 1. The first-order chi connectivity index (χ1) is 18.7. The molecule has 2 amide bonds. The Bertz CT molecular complexity index is 1290. The molecule has 2 atom stereocenters. The molecule has 39 heavy (non-hydrogen) atoms. The minimum Gasteiger partial charge on any atom is -0.312 e. The van der Waals surface area contributed by atoms with Crippen LogP contribution in [-0.2, 0) is 0 Å². The van der Waals surface area contributed by atoms with Crippen molar-refractivity contribution < 1.29 is 4.79 Å². The zero-order valence-corrected chi connectivity index (χ0v) is 24.6. The molecule has 2 aromatic carbocycles. The minimum atomic E-state index is -0.134. The lowest BCUT2D eigenvalue weighted by atomic mass is 9.96. The van der Waals surface area contributed by atoms with Gasteiger partial charge in [0.1, 0.15) is 11.6 Å². The van der Waals surface area contributed by atoms with Gasteiger partial charge >= 0.3 is 6.03 Å². The summed E-state index contributed by atoms with van der Waals surface area (Å²) in [5, 5.41) is 12.6. The van der Waals surface area contributed by atoms with Crippen LogP contribution in [0.25, 0.3) is 0 Å². The maximum Gasteiger partial charge on any atom is 0.326 e. The summed E-state index contributed by atoms with van der Waals surface area (Å²) in [6, 6.07) is 15.2. The first-order valence-corrected chi connectivity index (χ1v) is 14.7. The summed E-state index contributed by atoms with van der Waals surface area (Å²) in [4.78, 5) is 18.0. The number of benzene rings is 2. The molecule has 7 nitrogen and oxygen atoms in total. The predicted octanol–water partition coefficient (Wildman–Crippen LogP) is 7.28. The van der Waals surface area contributed by atoms with E-state index in [0.29, 0.717) is 35.6 Å². The number of carbonyl (C=O) groups excluding carboxylic acids is 1. The van der Waals surface area contributed by atoms with Gasteiger partial charge in [0.25, 0.3) is 0 Å². The number of urea groups is 1. The van der Waals surface area contributed by atoms with Crippen LogP contribution in [0.1, 0.15) is 80.7 Å². The van der Waals surface area contributed by atoms with Gasteiger partial charge in [-0.3, -0.25) is 9.80 Å². The first kappa shape index (κ1) is 27.7. The molecule has 1 N–H and O–H groups in total. The average Bonchev–Trinajstić information content (AvgIpc) is 3.40. The fourth-order valence-electron chi connectivity index (χ4n) is 6.39. The molecule has 0 saturated carbocycles. The Balaban J connectivity index is 1.26. The van der Waals surface area contributed by atoms with Crippen molar-refractivity contribution in [3.05, 3.63) is 70.3 Å². The predicted molar refractivity (Wildman–Crippen MR) is 159 cm³/mol. The van der Waals surface area contributed by atoms with Gasteiger partial charge in [-0.25, -0.2) is 4.79 Å². The molecule has 0 radical (unpaired) electrons. The summed E-state index contributed by atoms with van der Waals surface area (Å²) in [5.41, 5.74) is 3.77. The fraction of sp³-hybridized carbons (Fsp3) is 0.516. The summed E-state index contributed by atoms with van der Waals surface area (Å²) in [6.45, 7) is 12.1. The molecule has 3 heterocycles. The molecular formula is C31H41ClN6O. The molecule has 3 aromatic rings. The molecule has 0 unspecified atom stereocenters. The summed E-state index contributed by atoms with van der Waals surface area (Å²) < 4.78 is 2.41. The number of carbonyl (C=O) groups is 1. The van der Waals surface area contributed by atoms with Gasteiger partial charge in [0.2, 0.25) is 0 Å². The molecule has 2 aliphatic heterocycles. The lowest BCUT2D eigenvalue weighted by Gasteiger charge is -2.40. The summed E-state index contributed by atoms with van der Waals surface area (Å²) in [7, 11) is 0. The molecule has 208 valence electrons. The standard InChI is InChI=1S/C31H41ClN6O/c1-20(2)30-35-34-23(5)38(30)28-17-25-13-14-26(18-28)36(25)15-6-16-37(27-12-9-22(4)29(32)19-27)31(39)33-24-10-7-21(3)8-11-24/h7-12,19-20,25-26,28H,6,13-18H2,1-5H3,(H,33,39)/t25-,26-/m1/s1. The molecule has 2 fully saturated rings. The van der Waals surface area contributed by atoms with Crippen molar-refractivity contribution in [2.24, 2.45) is 0 Å². The smallest absolute Gasteiger partial charge is 0.312 e. The average molecular weight is 549 g/mol. The van der Waals surface area contributed by atoms with Crippen LogP contribution in [0.4, 0.5) is 16.2 Å². The fourth-order valence-corrected chi connectivity index (χ4v) is 6.56. The molecule has 0 spiro atoms. The summed E-state index contributed by atoms with van der Waals surface area (Å²) in [6.07, 6.45) is 5.66. The number of fused-ring (bicyclic) bond motifs is 2. The number of aryl methyl sites for hydroxylation is 3. The van der Waals surface area contributed by atoms with Gasteiger partial charge in [-0.05, 0) is 82.7 Å². The number of hydrogen-bond donors (Lipinski definition) is 1. The number of anilines is 2. The highest BCUT2D eigenvalue weighted by Crippen LogP contribution is 2.42. The number of amides is 2. The number of nitrogens with zero attached hydrogens (tertiary/aromatic N) is 5. The number of halogens is 1. The van der Waals surface area contributed by atoms with Crippen LogP contribution in [-0.4, -0.2) is 50.9 Å². The monoisotopic (exact) mass is 548 g/mol. The highest BCUT2D eigenvalue weighted by Gasteiger charge is 2.42. The van der Waals surface area contributed by atoms with Crippen LogP contribution >= 0.6 is 11.6 Å². The van der Waals surface area contributed by atoms with Crippen molar-refractivity contribution in [3.63, 3.8) is 0 Å². The van der Waals surface area contributed by atoms with Crippen LogP contribution in [0.2, 0.25) is 5.02 Å². The van der Waals surface area contributed by atoms with Gasteiger partial charge < -0.3 is 9.88 Å². The molecule has 8 heteroatoms. The van der Waals surface area contributed by atoms with E-state index in [4.69, 9.17) is 11.6 Å². The zero-order valence-electron chi connectivity index (χ0n) is 23.8. The van der Waals surface area contributed by atoms with E-state index in [1.165, 1.54) is 12.8 Å². The van der Waals surface area contributed by atoms with E-state index in [2.05, 4.69) is 45.8 Å². The first-order valence-electron chi connectivity index (χ1n) is 14.3. The van der Waals surface area contributed by atoms with Crippen molar-refractivity contribution in [1.82, 2.24) is 19.7 Å². The van der Waals surface area contributed by atoms with Gasteiger partial charge in [-0.1, -0.05) is 49.2 Å². The third-order valence-corrected chi connectivity index (χ3v) is 8.85. The summed E-state index contributed by atoms with van der Waals surface area (Å²) >= 11 is 6.46.